The molecule has 3 atom stereocenters. The van der Waals surface area contributed by atoms with Crippen molar-refractivity contribution in [2.45, 2.75) is 56.7 Å². The number of hydrogen-bond donors (Lipinski definition) is 4. The molecule has 23 heavy (non-hydrogen) atoms. The van der Waals surface area contributed by atoms with E-state index in [0.29, 0.717) is 24.9 Å². The average molecular weight is 345 g/mol. The van der Waals surface area contributed by atoms with Gasteiger partial charge in [0.25, 0.3) is 0 Å². The van der Waals surface area contributed by atoms with E-state index in [9.17, 15) is 14.4 Å². The Kier molecular flexibility index (Phi) is 5.86. The first kappa shape index (κ1) is 18.0. The molecule has 5 N–H and O–H groups in total. The van der Waals surface area contributed by atoms with Gasteiger partial charge in [0, 0.05) is 18.5 Å². The third-order valence-corrected chi connectivity index (χ3v) is 5.28. The minimum absolute atomic E-state index is 0. The Labute approximate surface area is 141 Å². The fourth-order valence-electron chi connectivity index (χ4n) is 3.96. The lowest BCUT2D eigenvalue weighted by atomic mass is 9.76. The number of nitrogens with one attached hydrogen (secondary N) is 3. The summed E-state index contributed by atoms with van der Waals surface area (Å²) in [7, 11) is 0. The van der Waals surface area contributed by atoms with Gasteiger partial charge in [-0.25, -0.2) is 0 Å². The summed E-state index contributed by atoms with van der Waals surface area (Å²) >= 11 is 0. The lowest BCUT2D eigenvalue weighted by Crippen LogP contribution is -2.61. The van der Waals surface area contributed by atoms with Crippen molar-refractivity contribution in [2.24, 2.45) is 17.6 Å². The van der Waals surface area contributed by atoms with Crippen molar-refractivity contribution < 1.29 is 14.4 Å². The third kappa shape index (κ3) is 3.95. The van der Waals surface area contributed by atoms with Gasteiger partial charge in [-0.2, -0.15) is 0 Å². The molecule has 130 valence electrons. The highest BCUT2D eigenvalue weighted by Gasteiger charge is 2.40. The first-order valence-corrected chi connectivity index (χ1v) is 8.18. The van der Waals surface area contributed by atoms with Crippen LogP contribution in [0.1, 0.15) is 38.5 Å². The zero-order valence-electron chi connectivity index (χ0n) is 13.0. The molecule has 7 nitrogen and oxygen atoms in total. The maximum atomic E-state index is 12.5. The maximum Gasteiger partial charge on any atom is 0.240 e. The number of fused-ring (bicyclic) bond motifs is 3. The van der Waals surface area contributed by atoms with Crippen LogP contribution in [0.3, 0.4) is 0 Å². The molecular weight excluding hydrogens is 320 g/mol. The summed E-state index contributed by atoms with van der Waals surface area (Å²) in [6, 6.07) is -0.594. The van der Waals surface area contributed by atoms with Crippen LogP contribution in [-0.2, 0) is 14.4 Å². The highest BCUT2D eigenvalue weighted by atomic mass is 35.5. The van der Waals surface area contributed by atoms with Crippen molar-refractivity contribution >= 4 is 30.1 Å². The number of rotatable bonds is 5. The maximum absolute atomic E-state index is 12.5. The monoisotopic (exact) mass is 344 g/mol. The summed E-state index contributed by atoms with van der Waals surface area (Å²) in [5.74, 6) is -0.692. The second kappa shape index (κ2) is 7.49. The number of piperidine rings is 2. The number of amides is 3. The number of carbonyl (C=O) groups excluding carboxylic acids is 3. The minimum atomic E-state index is -0.774. The van der Waals surface area contributed by atoms with E-state index in [4.69, 9.17) is 5.73 Å². The summed E-state index contributed by atoms with van der Waals surface area (Å²) in [5.41, 5.74) is 5.41. The van der Waals surface area contributed by atoms with Crippen molar-refractivity contribution in [1.29, 1.82) is 0 Å². The molecular formula is C15H25ClN4O3. The van der Waals surface area contributed by atoms with Crippen molar-refractivity contribution in [1.82, 2.24) is 16.0 Å². The summed E-state index contributed by atoms with van der Waals surface area (Å²) in [4.78, 5) is 35.7. The Hall–Kier alpha value is -1.34. The highest BCUT2D eigenvalue weighted by Crippen LogP contribution is 2.33. The predicted octanol–water partition coefficient (Wildman–Crippen LogP) is -0.565. The van der Waals surface area contributed by atoms with Gasteiger partial charge < -0.3 is 21.7 Å². The van der Waals surface area contributed by atoms with E-state index in [1.54, 1.807) is 0 Å². The van der Waals surface area contributed by atoms with E-state index in [-0.39, 0.29) is 42.6 Å². The van der Waals surface area contributed by atoms with Crippen molar-refractivity contribution in [3.05, 3.63) is 0 Å². The van der Waals surface area contributed by atoms with E-state index in [0.717, 1.165) is 25.7 Å². The van der Waals surface area contributed by atoms with Gasteiger partial charge >= 0.3 is 0 Å². The molecule has 0 aromatic carbocycles. The SMILES string of the molecule is Cl.NC(=O)[C@H](C[C@@H]1CCNC1=O)NC(=O)[C@H]1NC2CCC1CC2. The van der Waals surface area contributed by atoms with E-state index in [1.807, 2.05) is 0 Å². The zero-order valence-corrected chi connectivity index (χ0v) is 13.9. The van der Waals surface area contributed by atoms with Crippen molar-refractivity contribution in [2.75, 3.05) is 6.54 Å². The third-order valence-electron chi connectivity index (χ3n) is 5.28. The standard InChI is InChI=1S/C15H24N4O3.ClH/c16-13(20)11(7-9-5-6-17-14(9)21)19-15(22)12-8-1-3-10(18-12)4-2-8;/h8-12,18H,1-7H2,(H2,16,20)(H,17,21)(H,19,22);1H/t8?,9-,10?,11-,12-;/m0./s1. The lowest BCUT2D eigenvalue weighted by molar-refractivity contribution is -0.132. The Morgan fingerprint density at radius 3 is 2.39 bits per heavy atom. The molecule has 0 spiro atoms. The molecule has 1 aliphatic carbocycles. The molecule has 4 rings (SSSR count). The Bertz CT molecular complexity index is 479. The quantitative estimate of drug-likeness (QED) is 0.535. The van der Waals surface area contributed by atoms with Crippen molar-refractivity contribution in [3.63, 3.8) is 0 Å². The van der Waals surface area contributed by atoms with Gasteiger partial charge in [-0.05, 0) is 44.4 Å². The molecule has 0 aromatic heterocycles. The average Bonchev–Trinajstić information content (AvgIpc) is 2.92. The minimum Gasteiger partial charge on any atom is -0.368 e. The Morgan fingerprint density at radius 2 is 1.91 bits per heavy atom. The summed E-state index contributed by atoms with van der Waals surface area (Å²) in [5, 5.41) is 8.85. The van der Waals surface area contributed by atoms with Crippen LogP contribution in [0.25, 0.3) is 0 Å². The topological polar surface area (TPSA) is 113 Å². The normalized spacial score (nSPS) is 33.5. The molecule has 3 aliphatic heterocycles. The second-order valence-electron chi connectivity index (χ2n) is 6.73. The van der Waals surface area contributed by atoms with Gasteiger partial charge in [0.05, 0.1) is 6.04 Å². The van der Waals surface area contributed by atoms with Gasteiger partial charge in [-0.3, -0.25) is 14.4 Å². The molecule has 0 radical (unpaired) electrons. The summed E-state index contributed by atoms with van der Waals surface area (Å²) in [6.07, 6.45) is 5.33. The molecule has 3 amide bonds. The Balaban J connectivity index is 0.00000192. The highest BCUT2D eigenvalue weighted by molar-refractivity contribution is 5.90. The largest absolute Gasteiger partial charge is 0.368 e. The lowest BCUT2D eigenvalue weighted by Gasteiger charge is -2.42. The van der Waals surface area contributed by atoms with Crippen LogP contribution in [0.2, 0.25) is 0 Å². The fourth-order valence-corrected chi connectivity index (χ4v) is 3.96. The van der Waals surface area contributed by atoms with E-state index in [1.165, 1.54) is 0 Å². The van der Waals surface area contributed by atoms with E-state index in [2.05, 4.69) is 16.0 Å². The molecule has 0 unspecified atom stereocenters. The smallest absolute Gasteiger partial charge is 0.240 e. The molecule has 3 heterocycles. The molecule has 2 bridgehead atoms. The van der Waals surface area contributed by atoms with Crippen LogP contribution in [0.15, 0.2) is 0 Å². The summed E-state index contributed by atoms with van der Waals surface area (Å²) < 4.78 is 0. The van der Waals surface area contributed by atoms with Gasteiger partial charge in [0.1, 0.15) is 6.04 Å². The van der Waals surface area contributed by atoms with Crippen LogP contribution in [0.4, 0.5) is 0 Å². The second-order valence-corrected chi connectivity index (χ2v) is 6.73. The number of hydrogen-bond acceptors (Lipinski definition) is 4. The zero-order chi connectivity index (χ0) is 15.7. The van der Waals surface area contributed by atoms with Gasteiger partial charge in [-0.15, -0.1) is 12.4 Å². The summed E-state index contributed by atoms with van der Waals surface area (Å²) in [6.45, 7) is 0.622. The van der Waals surface area contributed by atoms with E-state index >= 15 is 0 Å². The number of carbonyl (C=O) groups is 3. The van der Waals surface area contributed by atoms with Crippen LogP contribution in [-0.4, -0.2) is 42.4 Å². The van der Waals surface area contributed by atoms with Gasteiger partial charge in [0.2, 0.25) is 17.7 Å². The van der Waals surface area contributed by atoms with Crippen LogP contribution in [0, 0.1) is 11.8 Å². The van der Waals surface area contributed by atoms with E-state index < -0.39 is 11.9 Å². The fraction of sp³-hybridized carbons (Fsp3) is 0.800. The first-order chi connectivity index (χ1) is 10.5. The molecule has 1 saturated carbocycles. The molecule has 3 saturated heterocycles. The van der Waals surface area contributed by atoms with Crippen LogP contribution >= 0.6 is 12.4 Å². The van der Waals surface area contributed by atoms with Crippen LogP contribution < -0.4 is 21.7 Å². The molecule has 8 heteroatoms. The molecule has 0 aromatic rings. The molecule has 4 aliphatic rings. The van der Waals surface area contributed by atoms with Gasteiger partial charge in [0.15, 0.2) is 0 Å². The number of primary amides is 1. The van der Waals surface area contributed by atoms with Gasteiger partial charge in [-0.1, -0.05) is 0 Å². The number of halogens is 1. The van der Waals surface area contributed by atoms with Crippen LogP contribution in [0.5, 0.6) is 0 Å². The molecule has 4 fully saturated rings. The predicted molar refractivity (Wildman–Crippen MR) is 86.8 cm³/mol. The Morgan fingerprint density at radius 1 is 1.22 bits per heavy atom. The first-order valence-electron chi connectivity index (χ1n) is 8.18. The van der Waals surface area contributed by atoms with Crippen molar-refractivity contribution in [3.8, 4) is 0 Å². The number of nitrogens with two attached hydrogens (primary N) is 1.